The first-order valence-corrected chi connectivity index (χ1v) is 6.98. The van der Waals surface area contributed by atoms with Gasteiger partial charge in [-0.05, 0) is 30.7 Å². The van der Waals surface area contributed by atoms with Gasteiger partial charge in [-0.3, -0.25) is 14.9 Å². The van der Waals surface area contributed by atoms with E-state index in [4.69, 9.17) is 0 Å². The predicted octanol–water partition coefficient (Wildman–Crippen LogP) is 2.34. The number of likely N-dealkylation sites (tertiary alicyclic amines) is 1. The van der Waals surface area contributed by atoms with Gasteiger partial charge in [0.1, 0.15) is 0 Å². The van der Waals surface area contributed by atoms with Crippen LogP contribution in [0, 0.1) is 22.0 Å². The Bertz CT molecular complexity index is 610. The summed E-state index contributed by atoms with van der Waals surface area (Å²) in [5.74, 6) is 0.0469. The number of nitrogens with zero attached hydrogens (tertiary/aromatic N) is 2. The molecule has 0 aromatic heterocycles. The van der Waals surface area contributed by atoms with E-state index in [0.717, 1.165) is 12.8 Å². The number of phenolic OH excluding ortho intramolecular Hbond substituents is 1. The van der Waals surface area contributed by atoms with E-state index in [0.29, 0.717) is 24.9 Å². The lowest BCUT2D eigenvalue weighted by Gasteiger charge is -2.17. The lowest BCUT2D eigenvalue weighted by Crippen LogP contribution is -2.29. The van der Waals surface area contributed by atoms with Crippen molar-refractivity contribution in [3.8, 4) is 5.75 Å². The molecule has 1 aromatic rings. The molecule has 1 N–H and O–H groups in total. The van der Waals surface area contributed by atoms with E-state index in [9.17, 15) is 20.0 Å². The Morgan fingerprint density at radius 3 is 2.43 bits per heavy atom. The molecule has 0 radical (unpaired) electrons. The zero-order chi connectivity index (χ0) is 15.0. The molecule has 2 aliphatic rings. The number of nitro benzene ring substituents is 1. The topological polar surface area (TPSA) is 83.7 Å². The highest BCUT2D eigenvalue weighted by molar-refractivity contribution is 5.98. The molecular weight excluding hydrogens is 272 g/mol. The third-order valence-electron chi connectivity index (χ3n) is 4.35. The number of nitro groups is 1. The molecule has 3 rings (SSSR count). The summed E-state index contributed by atoms with van der Waals surface area (Å²) in [7, 11) is 0. The smallest absolute Gasteiger partial charge is 0.311 e. The van der Waals surface area contributed by atoms with Crippen LogP contribution in [0.25, 0.3) is 0 Å². The zero-order valence-electron chi connectivity index (χ0n) is 11.4. The predicted molar refractivity (Wildman–Crippen MR) is 76.0 cm³/mol. The van der Waals surface area contributed by atoms with E-state index in [1.807, 2.05) is 0 Å². The number of amides is 1. The van der Waals surface area contributed by atoms with Gasteiger partial charge in [-0.1, -0.05) is 18.2 Å². The summed E-state index contributed by atoms with van der Waals surface area (Å²) >= 11 is 0. The fourth-order valence-electron chi connectivity index (χ4n) is 3.20. The number of aromatic hydroxyl groups is 1. The van der Waals surface area contributed by atoms with Crippen molar-refractivity contribution in [3.63, 3.8) is 0 Å². The van der Waals surface area contributed by atoms with Crippen molar-refractivity contribution in [2.75, 3.05) is 13.1 Å². The molecule has 1 aliphatic carbocycles. The van der Waals surface area contributed by atoms with Crippen LogP contribution in [-0.2, 0) is 0 Å². The van der Waals surface area contributed by atoms with Crippen molar-refractivity contribution in [3.05, 3.63) is 46.0 Å². The number of hydrogen-bond donors (Lipinski definition) is 1. The number of rotatable bonds is 2. The van der Waals surface area contributed by atoms with E-state index < -0.39 is 16.4 Å². The van der Waals surface area contributed by atoms with E-state index >= 15 is 0 Å². The largest absolute Gasteiger partial charge is 0.502 e. The van der Waals surface area contributed by atoms with Gasteiger partial charge in [-0.2, -0.15) is 0 Å². The molecular formula is C15H16N2O4. The number of hydrogen-bond acceptors (Lipinski definition) is 4. The van der Waals surface area contributed by atoms with E-state index in [1.165, 1.54) is 18.2 Å². The van der Waals surface area contributed by atoms with Crippen LogP contribution in [0.2, 0.25) is 0 Å². The monoisotopic (exact) mass is 288 g/mol. The molecule has 21 heavy (non-hydrogen) atoms. The highest BCUT2D eigenvalue weighted by Gasteiger charge is 2.36. The summed E-state index contributed by atoms with van der Waals surface area (Å²) in [5, 5.41) is 20.8. The first-order chi connectivity index (χ1) is 10.1. The summed E-state index contributed by atoms with van der Waals surface area (Å²) in [5.41, 5.74) is -0.421. The quantitative estimate of drug-likeness (QED) is 0.514. The van der Waals surface area contributed by atoms with Gasteiger partial charge in [0.2, 0.25) is 5.75 Å². The zero-order valence-corrected chi connectivity index (χ0v) is 11.4. The Morgan fingerprint density at radius 1 is 1.24 bits per heavy atom. The second kappa shape index (κ2) is 5.20. The van der Waals surface area contributed by atoms with Crippen molar-refractivity contribution >= 4 is 11.6 Å². The van der Waals surface area contributed by atoms with Crippen LogP contribution in [-0.4, -0.2) is 33.9 Å². The van der Waals surface area contributed by atoms with E-state index in [1.54, 1.807) is 4.90 Å². The summed E-state index contributed by atoms with van der Waals surface area (Å²) in [6, 6.07) is 4.06. The highest BCUT2D eigenvalue weighted by Crippen LogP contribution is 2.35. The van der Waals surface area contributed by atoms with Crippen molar-refractivity contribution < 1.29 is 14.8 Å². The van der Waals surface area contributed by atoms with Crippen molar-refractivity contribution in [2.24, 2.45) is 11.8 Å². The lowest BCUT2D eigenvalue weighted by molar-refractivity contribution is -0.385. The average Bonchev–Trinajstić information content (AvgIpc) is 2.90. The fraction of sp³-hybridized carbons (Fsp3) is 0.400. The van der Waals surface area contributed by atoms with Gasteiger partial charge in [-0.15, -0.1) is 0 Å². The maximum atomic E-state index is 12.5. The summed E-state index contributed by atoms with van der Waals surface area (Å²) in [4.78, 5) is 24.4. The molecule has 1 heterocycles. The van der Waals surface area contributed by atoms with Gasteiger partial charge in [0.05, 0.1) is 10.5 Å². The SMILES string of the molecule is O=C(c1cccc([N+](=O)[O-])c1O)N1C[C@@H]2CC=CC[C@H]2C1. The summed E-state index contributed by atoms with van der Waals surface area (Å²) in [6.45, 7) is 1.30. The fourth-order valence-corrected chi connectivity index (χ4v) is 3.20. The van der Waals surface area contributed by atoms with Crippen LogP contribution in [0.4, 0.5) is 5.69 Å². The molecule has 1 fully saturated rings. The Labute approximate surface area is 121 Å². The number of phenols is 1. The van der Waals surface area contributed by atoms with Crippen LogP contribution in [0.5, 0.6) is 5.75 Å². The van der Waals surface area contributed by atoms with Gasteiger partial charge in [0, 0.05) is 19.2 Å². The van der Waals surface area contributed by atoms with Gasteiger partial charge >= 0.3 is 5.69 Å². The van der Waals surface area contributed by atoms with Crippen molar-refractivity contribution in [1.82, 2.24) is 4.90 Å². The van der Waals surface area contributed by atoms with Gasteiger partial charge in [0.25, 0.3) is 5.91 Å². The van der Waals surface area contributed by atoms with Crippen LogP contribution in [0.15, 0.2) is 30.4 Å². The molecule has 110 valence electrons. The van der Waals surface area contributed by atoms with E-state index in [2.05, 4.69) is 12.2 Å². The van der Waals surface area contributed by atoms with E-state index in [-0.39, 0.29) is 11.5 Å². The molecule has 1 aromatic carbocycles. The number of carbonyl (C=O) groups is 1. The van der Waals surface area contributed by atoms with Gasteiger partial charge in [0.15, 0.2) is 0 Å². The first-order valence-electron chi connectivity index (χ1n) is 6.98. The molecule has 1 aliphatic heterocycles. The maximum absolute atomic E-state index is 12.5. The molecule has 0 unspecified atom stereocenters. The second-order valence-electron chi connectivity index (χ2n) is 5.60. The third kappa shape index (κ3) is 2.37. The number of allylic oxidation sites excluding steroid dienone is 2. The van der Waals surface area contributed by atoms with Crippen LogP contribution in [0.1, 0.15) is 23.2 Å². The van der Waals surface area contributed by atoms with Gasteiger partial charge in [-0.25, -0.2) is 0 Å². The number of para-hydroxylation sites is 1. The first kappa shape index (κ1) is 13.6. The number of carbonyl (C=O) groups excluding carboxylic acids is 1. The highest BCUT2D eigenvalue weighted by atomic mass is 16.6. The maximum Gasteiger partial charge on any atom is 0.311 e. The van der Waals surface area contributed by atoms with Crippen LogP contribution in [0.3, 0.4) is 0 Å². The molecule has 2 atom stereocenters. The van der Waals surface area contributed by atoms with Crippen LogP contribution < -0.4 is 0 Å². The average molecular weight is 288 g/mol. The normalized spacial score (nSPS) is 23.9. The Morgan fingerprint density at radius 2 is 1.86 bits per heavy atom. The molecule has 0 spiro atoms. The molecule has 0 bridgehead atoms. The Balaban J connectivity index is 1.83. The summed E-state index contributed by atoms with van der Waals surface area (Å²) < 4.78 is 0. The Hall–Kier alpha value is -2.37. The molecule has 6 nitrogen and oxygen atoms in total. The van der Waals surface area contributed by atoms with Crippen molar-refractivity contribution in [2.45, 2.75) is 12.8 Å². The minimum Gasteiger partial charge on any atom is -0.502 e. The number of benzene rings is 1. The van der Waals surface area contributed by atoms with Crippen molar-refractivity contribution in [1.29, 1.82) is 0 Å². The van der Waals surface area contributed by atoms with Crippen LogP contribution >= 0.6 is 0 Å². The summed E-state index contributed by atoms with van der Waals surface area (Å²) in [6.07, 6.45) is 6.21. The Kier molecular flexibility index (Phi) is 3.37. The second-order valence-corrected chi connectivity index (χ2v) is 5.60. The van der Waals surface area contributed by atoms with Gasteiger partial charge < -0.3 is 10.0 Å². The minimum atomic E-state index is -0.681. The standard InChI is InChI=1S/C15H16N2O4/c18-14-12(6-3-7-13(14)17(20)21)15(19)16-8-10-4-1-2-5-11(10)9-16/h1-3,6-7,10-11,18H,4-5,8-9H2/t10-,11-/m0/s1. The molecule has 1 saturated heterocycles. The third-order valence-corrected chi connectivity index (χ3v) is 4.35. The lowest BCUT2D eigenvalue weighted by atomic mass is 9.86. The molecule has 1 amide bonds. The minimum absolute atomic E-state index is 0.0100. The number of fused-ring (bicyclic) bond motifs is 1. The molecule has 6 heteroatoms. The molecule has 0 saturated carbocycles.